The molecule has 0 aromatic heterocycles. The molecular weight excluding hydrogens is 348 g/mol. The Kier molecular flexibility index (Phi) is 8.01. The average Bonchev–Trinajstić information content (AvgIpc) is 3.14. The Balaban J connectivity index is 1.51. The number of hydrogen-bond acceptors (Lipinski definition) is 6. The number of nitriles is 2. The molecule has 0 saturated carbocycles. The van der Waals surface area contributed by atoms with Gasteiger partial charge in [0.1, 0.15) is 18.0 Å². The fourth-order valence-corrected chi connectivity index (χ4v) is 4.98. The summed E-state index contributed by atoms with van der Waals surface area (Å²) in [6.07, 6.45) is 8.92. The van der Waals surface area contributed by atoms with Crippen molar-refractivity contribution in [3.63, 3.8) is 0 Å². The summed E-state index contributed by atoms with van der Waals surface area (Å²) in [4.78, 5) is 7.36. The van der Waals surface area contributed by atoms with Crippen molar-refractivity contribution in [2.75, 3.05) is 52.4 Å². The number of nitrogens with one attached hydrogen (secondary N) is 1. The predicted octanol–water partition coefficient (Wildman–Crippen LogP) is 2.52. The number of allylic oxidation sites excluding steroid dienone is 1. The second-order valence-corrected chi connectivity index (χ2v) is 8.69. The van der Waals surface area contributed by atoms with Gasteiger partial charge in [-0.05, 0) is 71.0 Å². The molecule has 3 heterocycles. The minimum atomic E-state index is 0.226. The minimum absolute atomic E-state index is 0.226. The highest BCUT2D eigenvalue weighted by Crippen LogP contribution is 2.23. The first-order chi connectivity index (χ1) is 13.7. The van der Waals surface area contributed by atoms with Crippen molar-refractivity contribution < 1.29 is 0 Å². The van der Waals surface area contributed by atoms with E-state index in [0.717, 1.165) is 57.3 Å². The Morgan fingerprint density at radius 2 is 1.64 bits per heavy atom. The number of nitrogens with zero attached hydrogens (tertiary/aromatic N) is 5. The Morgan fingerprint density at radius 3 is 2.25 bits per heavy atom. The van der Waals surface area contributed by atoms with Crippen LogP contribution in [0.1, 0.15) is 51.9 Å². The molecule has 0 aliphatic carbocycles. The van der Waals surface area contributed by atoms with E-state index in [9.17, 15) is 10.5 Å². The van der Waals surface area contributed by atoms with Crippen LogP contribution in [0, 0.1) is 28.6 Å². The summed E-state index contributed by atoms with van der Waals surface area (Å²) in [7, 11) is 0. The Morgan fingerprint density at radius 1 is 0.929 bits per heavy atom. The number of likely N-dealkylation sites (tertiary alicyclic amines) is 3. The third-order valence-electron chi connectivity index (χ3n) is 6.74. The summed E-state index contributed by atoms with van der Waals surface area (Å²) in [5.74, 6) is 1.50. The van der Waals surface area contributed by atoms with Gasteiger partial charge in [0.15, 0.2) is 5.57 Å². The van der Waals surface area contributed by atoms with Gasteiger partial charge in [-0.25, -0.2) is 0 Å². The van der Waals surface area contributed by atoms with Crippen LogP contribution in [0.15, 0.2) is 11.4 Å². The molecule has 28 heavy (non-hydrogen) atoms. The fraction of sp³-hybridized carbons (Fsp3) is 0.818. The summed E-state index contributed by atoms with van der Waals surface area (Å²) in [6, 6.07) is 4.86. The lowest BCUT2D eigenvalue weighted by atomic mass is 9.95. The molecule has 0 bridgehead atoms. The lowest BCUT2D eigenvalue weighted by Gasteiger charge is -2.38. The molecule has 3 saturated heterocycles. The maximum Gasteiger partial charge on any atom is 0.169 e. The first kappa shape index (κ1) is 21.0. The van der Waals surface area contributed by atoms with Gasteiger partial charge in [0.2, 0.25) is 0 Å². The predicted molar refractivity (Wildman–Crippen MR) is 111 cm³/mol. The number of piperidine rings is 2. The van der Waals surface area contributed by atoms with Crippen molar-refractivity contribution in [3.8, 4) is 12.1 Å². The van der Waals surface area contributed by atoms with Gasteiger partial charge in [0.05, 0.1) is 0 Å². The second kappa shape index (κ2) is 10.7. The van der Waals surface area contributed by atoms with Crippen LogP contribution in [0.2, 0.25) is 0 Å². The van der Waals surface area contributed by atoms with E-state index >= 15 is 0 Å². The van der Waals surface area contributed by atoms with Crippen LogP contribution in [-0.2, 0) is 0 Å². The molecule has 3 aliphatic rings. The Labute approximate surface area is 170 Å². The number of hydrogen-bond donors (Lipinski definition) is 1. The van der Waals surface area contributed by atoms with Crippen molar-refractivity contribution in [2.45, 2.75) is 57.9 Å². The normalized spacial score (nSPS) is 24.5. The first-order valence-electron chi connectivity index (χ1n) is 11.2. The van der Waals surface area contributed by atoms with Gasteiger partial charge in [-0.2, -0.15) is 10.5 Å². The van der Waals surface area contributed by atoms with E-state index in [1.54, 1.807) is 0 Å². The lowest BCUT2D eigenvalue weighted by molar-refractivity contribution is 0.143. The molecule has 0 radical (unpaired) electrons. The topological polar surface area (TPSA) is 69.3 Å². The molecule has 0 amide bonds. The van der Waals surface area contributed by atoms with Crippen molar-refractivity contribution in [1.82, 2.24) is 20.0 Å². The molecule has 6 heteroatoms. The summed E-state index contributed by atoms with van der Waals surface area (Å²) in [5.41, 5.74) is 0.226. The standard InChI is InChI=1S/C22H36N6/c1-19-6-5-12-27(19)15-9-25-22(21(16-23)17-24)28-13-7-20(8-14-28)18-26-10-3-2-4-11-26/h19-20,25H,2-15,18H2,1H3/t19-/m0/s1. The summed E-state index contributed by atoms with van der Waals surface area (Å²) < 4.78 is 0. The molecule has 1 N–H and O–H groups in total. The van der Waals surface area contributed by atoms with Gasteiger partial charge < -0.3 is 15.1 Å². The third kappa shape index (κ3) is 5.63. The van der Waals surface area contributed by atoms with Crippen molar-refractivity contribution >= 4 is 0 Å². The molecule has 0 unspecified atom stereocenters. The van der Waals surface area contributed by atoms with E-state index < -0.39 is 0 Å². The smallest absolute Gasteiger partial charge is 0.169 e. The fourth-order valence-electron chi connectivity index (χ4n) is 4.98. The largest absolute Gasteiger partial charge is 0.369 e. The maximum atomic E-state index is 9.43. The van der Waals surface area contributed by atoms with Crippen LogP contribution in [0.3, 0.4) is 0 Å². The van der Waals surface area contributed by atoms with Crippen molar-refractivity contribution in [2.24, 2.45) is 5.92 Å². The average molecular weight is 385 g/mol. The molecular formula is C22H36N6. The van der Waals surface area contributed by atoms with Crippen molar-refractivity contribution in [3.05, 3.63) is 11.4 Å². The third-order valence-corrected chi connectivity index (χ3v) is 6.74. The minimum Gasteiger partial charge on any atom is -0.369 e. The highest BCUT2D eigenvalue weighted by atomic mass is 15.3. The Bertz CT molecular complexity index is 585. The van der Waals surface area contributed by atoms with E-state index in [1.165, 1.54) is 51.7 Å². The van der Waals surface area contributed by atoms with Crippen LogP contribution in [0.4, 0.5) is 0 Å². The molecule has 3 fully saturated rings. The van der Waals surface area contributed by atoms with Gasteiger partial charge in [-0.15, -0.1) is 0 Å². The number of rotatable bonds is 7. The molecule has 0 aromatic carbocycles. The van der Waals surface area contributed by atoms with Gasteiger partial charge in [-0.3, -0.25) is 4.90 Å². The van der Waals surface area contributed by atoms with E-state index in [0.29, 0.717) is 6.04 Å². The molecule has 154 valence electrons. The summed E-state index contributed by atoms with van der Waals surface area (Å²) in [5, 5.41) is 22.3. The Hall–Kier alpha value is -1.76. The van der Waals surface area contributed by atoms with Gasteiger partial charge in [-0.1, -0.05) is 6.42 Å². The molecule has 1 atom stereocenters. The first-order valence-corrected chi connectivity index (χ1v) is 11.2. The highest BCUT2D eigenvalue weighted by Gasteiger charge is 2.25. The zero-order chi connectivity index (χ0) is 19.8. The van der Waals surface area contributed by atoms with Crippen LogP contribution >= 0.6 is 0 Å². The van der Waals surface area contributed by atoms with Crippen LogP contribution in [-0.4, -0.2) is 73.1 Å². The molecule has 3 rings (SSSR count). The monoisotopic (exact) mass is 384 g/mol. The van der Waals surface area contributed by atoms with E-state index in [4.69, 9.17) is 0 Å². The van der Waals surface area contributed by atoms with Crippen LogP contribution in [0.5, 0.6) is 0 Å². The van der Waals surface area contributed by atoms with E-state index in [1.807, 2.05) is 0 Å². The molecule has 6 nitrogen and oxygen atoms in total. The maximum absolute atomic E-state index is 9.43. The van der Waals surface area contributed by atoms with Crippen LogP contribution in [0.25, 0.3) is 0 Å². The van der Waals surface area contributed by atoms with Gasteiger partial charge in [0.25, 0.3) is 0 Å². The van der Waals surface area contributed by atoms with E-state index in [2.05, 4.69) is 39.1 Å². The molecule has 0 aromatic rings. The summed E-state index contributed by atoms with van der Waals surface area (Å²) >= 11 is 0. The zero-order valence-electron chi connectivity index (χ0n) is 17.5. The zero-order valence-corrected chi connectivity index (χ0v) is 17.5. The lowest BCUT2D eigenvalue weighted by Crippen LogP contribution is -2.44. The SMILES string of the molecule is C[C@H]1CCCN1CCNC(=C(C#N)C#N)N1CCC(CN2CCCCC2)CC1. The summed E-state index contributed by atoms with van der Waals surface area (Å²) in [6.45, 7) is 10.8. The van der Waals surface area contributed by atoms with Gasteiger partial charge >= 0.3 is 0 Å². The quantitative estimate of drug-likeness (QED) is 0.680. The second-order valence-electron chi connectivity index (χ2n) is 8.69. The highest BCUT2D eigenvalue weighted by molar-refractivity contribution is 5.39. The molecule has 0 spiro atoms. The van der Waals surface area contributed by atoms with E-state index in [-0.39, 0.29) is 5.57 Å². The van der Waals surface area contributed by atoms with Crippen LogP contribution < -0.4 is 5.32 Å². The van der Waals surface area contributed by atoms with Crippen molar-refractivity contribution in [1.29, 1.82) is 10.5 Å². The van der Waals surface area contributed by atoms with Gasteiger partial charge in [0, 0.05) is 38.8 Å². The molecule has 3 aliphatic heterocycles.